The minimum atomic E-state index is -4.64. The van der Waals surface area contributed by atoms with Crippen LogP contribution in [-0.4, -0.2) is 55.2 Å². The summed E-state index contributed by atoms with van der Waals surface area (Å²) in [6, 6.07) is 0.454. The maximum absolute atomic E-state index is 14.1. The molecular weight excluding hydrogens is 342 g/mol. The molecule has 3 heterocycles. The Morgan fingerprint density at radius 3 is 2.60 bits per heavy atom. The zero-order chi connectivity index (χ0) is 18.0. The number of hydrogen-bond acceptors (Lipinski definition) is 4. The Morgan fingerprint density at radius 1 is 1.24 bits per heavy atom. The predicted molar refractivity (Wildman–Crippen MR) is 81.5 cm³/mol. The van der Waals surface area contributed by atoms with E-state index in [0.29, 0.717) is 58.0 Å². The summed E-state index contributed by atoms with van der Waals surface area (Å²) in [6.45, 7) is 2.77. The number of halogens is 4. The number of carbonyl (C=O) groups is 1. The topological polar surface area (TPSA) is 45.7 Å². The first-order chi connectivity index (χ1) is 11.9. The van der Waals surface area contributed by atoms with Crippen LogP contribution in [0.3, 0.4) is 0 Å². The second-order valence-corrected chi connectivity index (χ2v) is 6.25. The lowest BCUT2D eigenvalue weighted by atomic mass is 9.96. The van der Waals surface area contributed by atoms with E-state index in [0.717, 1.165) is 0 Å². The first-order valence-electron chi connectivity index (χ1n) is 8.20. The van der Waals surface area contributed by atoms with Crippen molar-refractivity contribution in [2.24, 2.45) is 5.92 Å². The largest absolute Gasteiger partial charge is 0.417 e. The van der Waals surface area contributed by atoms with E-state index in [4.69, 9.17) is 4.74 Å². The molecule has 2 saturated heterocycles. The summed E-state index contributed by atoms with van der Waals surface area (Å²) in [6.07, 6.45) is -2.67. The fraction of sp³-hybridized carbons (Fsp3) is 0.625. The number of ether oxygens (including phenoxy) is 1. The van der Waals surface area contributed by atoms with Crippen molar-refractivity contribution in [3.05, 3.63) is 23.6 Å². The van der Waals surface area contributed by atoms with Crippen molar-refractivity contribution in [1.82, 2.24) is 9.88 Å². The van der Waals surface area contributed by atoms with Crippen molar-refractivity contribution in [1.29, 1.82) is 0 Å². The summed E-state index contributed by atoms with van der Waals surface area (Å²) in [5.41, 5.74) is -1.12. The van der Waals surface area contributed by atoms with E-state index in [2.05, 4.69) is 4.98 Å². The lowest BCUT2D eigenvalue weighted by molar-refractivity contribution is -0.140. The maximum Gasteiger partial charge on any atom is 0.417 e. The summed E-state index contributed by atoms with van der Waals surface area (Å²) in [7, 11) is 0. The number of morpholine rings is 1. The fourth-order valence-corrected chi connectivity index (χ4v) is 3.23. The summed E-state index contributed by atoms with van der Waals surface area (Å²) >= 11 is 0. The highest BCUT2D eigenvalue weighted by atomic mass is 19.4. The highest BCUT2D eigenvalue weighted by molar-refractivity contribution is 5.79. The van der Waals surface area contributed by atoms with Crippen LogP contribution in [0.2, 0.25) is 0 Å². The van der Waals surface area contributed by atoms with Gasteiger partial charge in [0.2, 0.25) is 5.91 Å². The van der Waals surface area contributed by atoms with Gasteiger partial charge in [-0.2, -0.15) is 13.2 Å². The van der Waals surface area contributed by atoms with Crippen LogP contribution >= 0.6 is 0 Å². The quantitative estimate of drug-likeness (QED) is 0.759. The molecule has 25 heavy (non-hydrogen) atoms. The molecule has 1 aromatic heterocycles. The molecule has 1 unspecified atom stereocenters. The molecule has 0 bridgehead atoms. The van der Waals surface area contributed by atoms with Crippen molar-refractivity contribution in [2.45, 2.75) is 19.0 Å². The molecule has 2 aliphatic rings. The first-order valence-corrected chi connectivity index (χ1v) is 8.20. The van der Waals surface area contributed by atoms with Crippen LogP contribution in [0.4, 0.5) is 23.4 Å². The minimum Gasteiger partial charge on any atom is -0.378 e. The molecule has 0 aromatic carbocycles. The van der Waals surface area contributed by atoms with Gasteiger partial charge in [-0.15, -0.1) is 0 Å². The summed E-state index contributed by atoms with van der Waals surface area (Å²) in [4.78, 5) is 19.5. The fourth-order valence-electron chi connectivity index (χ4n) is 3.23. The SMILES string of the molecule is O=C(C1CCCN(c2ncc(C(F)(F)F)cc2F)C1)N1CCOCC1. The third kappa shape index (κ3) is 4.02. The predicted octanol–water partition coefficient (Wildman–Crippen LogP) is 2.31. The number of amides is 1. The van der Waals surface area contributed by atoms with E-state index >= 15 is 0 Å². The van der Waals surface area contributed by atoms with E-state index in [1.165, 1.54) is 0 Å². The highest BCUT2D eigenvalue weighted by Gasteiger charge is 2.34. The lowest BCUT2D eigenvalue weighted by Crippen LogP contribution is -2.48. The zero-order valence-electron chi connectivity index (χ0n) is 13.6. The number of carbonyl (C=O) groups excluding carboxylic acids is 1. The van der Waals surface area contributed by atoms with E-state index in [1.807, 2.05) is 0 Å². The number of pyridine rings is 1. The highest BCUT2D eigenvalue weighted by Crippen LogP contribution is 2.32. The number of alkyl halides is 3. The number of aromatic nitrogens is 1. The van der Waals surface area contributed by atoms with Gasteiger partial charge >= 0.3 is 6.18 Å². The van der Waals surface area contributed by atoms with Gasteiger partial charge in [0.25, 0.3) is 0 Å². The van der Waals surface area contributed by atoms with E-state index in [-0.39, 0.29) is 24.2 Å². The van der Waals surface area contributed by atoms with Gasteiger partial charge in [0.1, 0.15) is 0 Å². The van der Waals surface area contributed by atoms with E-state index in [9.17, 15) is 22.4 Å². The van der Waals surface area contributed by atoms with Gasteiger partial charge in [0.15, 0.2) is 11.6 Å². The molecule has 0 saturated carbocycles. The van der Waals surface area contributed by atoms with Crippen LogP contribution in [0.5, 0.6) is 0 Å². The number of nitrogens with zero attached hydrogens (tertiary/aromatic N) is 3. The van der Waals surface area contributed by atoms with Crippen molar-refractivity contribution < 1.29 is 27.1 Å². The van der Waals surface area contributed by atoms with Crippen LogP contribution in [0, 0.1) is 11.7 Å². The van der Waals surface area contributed by atoms with Crippen LogP contribution in [0.1, 0.15) is 18.4 Å². The molecule has 138 valence electrons. The number of rotatable bonds is 2. The van der Waals surface area contributed by atoms with Crippen LogP contribution in [0.25, 0.3) is 0 Å². The Hall–Kier alpha value is -1.90. The van der Waals surface area contributed by atoms with Gasteiger partial charge in [0, 0.05) is 32.4 Å². The van der Waals surface area contributed by atoms with E-state index in [1.54, 1.807) is 9.80 Å². The van der Waals surface area contributed by atoms with Crippen LogP contribution in [0.15, 0.2) is 12.3 Å². The number of hydrogen-bond donors (Lipinski definition) is 0. The Kier molecular flexibility index (Phi) is 5.12. The van der Waals surface area contributed by atoms with Crippen LogP contribution < -0.4 is 4.90 Å². The Labute approximate surface area is 142 Å². The summed E-state index contributed by atoms with van der Waals surface area (Å²) < 4.78 is 57.3. The van der Waals surface area contributed by atoms with Crippen molar-refractivity contribution >= 4 is 11.7 Å². The number of anilines is 1. The van der Waals surface area contributed by atoms with Gasteiger partial charge in [0.05, 0.1) is 24.7 Å². The van der Waals surface area contributed by atoms with Crippen LogP contribution in [-0.2, 0) is 15.7 Å². The standard InChI is InChI=1S/C16H19F4N3O2/c17-13-8-12(16(18,19)20)9-21-14(13)23-3-1-2-11(10-23)15(24)22-4-6-25-7-5-22/h8-9,11H,1-7,10H2. The summed E-state index contributed by atoms with van der Waals surface area (Å²) in [5.74, 6) is -1.47. The van der Waals surface area contributed by atoms with Gasteiger partial charge in [-0.3, -0.25) is 4.79 Å². The molecule has 0 spiro atoms. The zero-order valence-corrected chi connectivity index (χ0v) is 13.6. The Bertz CT molecular complexity index is 632. The molecule has 2 fully saturated rings. The van der Waals surface area contributed by atoms with Gasteiger partial charge in [-0.1, -0.05) is 0 Å². The third-order valence-corrected chi connectivity index (χ3v) is 4.54. The average Bonchev–Trinajstić information content (AvgIpc) is 2.61. The second-order valence-electron chi connectivity index (χ2n) is 6.25. The smallest absolute Gasteiger partial charge is 0.378 e. The molecule has 0 radical (unpaired) electrons. The van der Waals surface area contributed by atoms with Gasteiger partial charge < -0.3 is 14.5 Å². The number of piperidine rings is 1. The molecule has 3 rings (SSSR count). The molecule has 9 heteroatoms. The molecule has 0 N–H and O–H groups in total. The molecular formula is C16H19F4N3O2. The Balaban J connectivity index is 1.72. The molecule has 1 amide bonds. The molecule has 1 atom stereocenters. The molecule has 0 aliphatic carbocycles. The molecule has 1 aromatic rings. The first kappa shape index (κ1) is 17.9. The molecule has 2 aliphatic heterocycles. The van der Waals surface area contributed by atoms with Crippen molar-refractivity contribution in [3.63, 3.8) is 0 Å². The van der Waals surface area contributed by atoms with E-state index < -0.39 is 17.6 Å². The third-order valence-electron chi connectivity index (χ3n) is 4.54. The summed E-state index contributed by atoms with van der Waals surface area (Å²) in [5, 5.41) is 0. The van der Waals surface area contributed by atoms with Crippen molar-refractivity contribution in [2.75, 3.05) is 44.3 Å². The maximum atomic E-state index is 14.1. The Morgan fingerprint density at radius 2 is 1.96 bits per heavy atom. The molecule has 5 nitrogen and oxygen atoms in total. The average molecular weight is 361 g/mol. The second kappa shape index (κ2) is 7.15. The monoisotopic (exact) mass is 361 g/mol. The lowest BCUT2D eigenvalue weighted by Gasteiger charge is -2.36. The normalized spacial score (nSPS) is 22.2. The van der Waals surface area contributed by atoms with Crippen molar-refractivity contribution in [3.8, 4) is 0 Å². The van der Waals surface area contributed by atoms with Gasteiger partial charge in [-0.05, 0) is 18.9 Å². The minimum absolute atomic E-state index is 0.0136. The van der Waals surface area contributed by atoms with Gasteiger partial charge in [-0.25, -0.2) is 9.37 Å².